The van der Waals surface area contributed by atoms with Crippen LogP contribution in [0.2, 0.25) is 0 Å². The number of H-pyrrole nitrogens is 1. The van der Waals surface area contributed by atoms with E-state index in [1.165, 1.54) is 0 Å². The summed E-state index contributed by atoms with van der Waals surface area (Å²) in [4.78, 5) is 23.9. The van der Waals surface area contributed by atoms with Crippen LogP contribution in [0.15, 0.2) is 4.79 Å². The monoisotopic (exact) mass is 265 g/mol. The molecule has 2 unspecified atom stereocenters. The fourth-order valence-corrected chi connectivity index (χ4v) is 2.42. The van der Waals surface area contributed by atoms with Crippen LogP contribution in [-0.4, -0.2) is 33.4 Å². The van der Waals surface area contributed by atoms with E-state index in [9.17, 15) is 14.7 Å². The summed E-state index contributed by atoms with van der Waals surface area (Å²) in [6.45, 7) is 3.43. The molecular formula is C13H19N3O3. The van der Waals surface area contributed by atoms with Gasteiger partial charge in [-0.3, -0.25) is 9.59 Å². The molecule has 2 rings (SSSR count). The van der Waals surface area contributed by atoms with Crippen molar-refractivity contribution in [1.29, 1.82) is 0 Å². The van der Waals surface area contributed by atoms with Crippen molar-refractivity contribution in [3.8, 4) is 0 Å². The van der Waals surface area contributed by atoms with Crippen molar-refractivity contribution in [3.05, 3.63) is 27.2 Å². The molecule has 2 atom stereocenters. The number of carbonyl (C=O) groups excluding carboxylic acids is 1. The largest absolute Gasteiger partial charge is 0.391 e. The minimum Gasteiger partial charge on any atom is -0.391 e. The molecule has 1 saturated carbocycles. The van der Waals surface area contributed by atoms with E-state index >= 15 is 0 Å². The molecule has 1 fully saturated rings. The van der Waals surface area contributed by atoms with E-state index in [4.69, 9.17) is 0 Å². The highest BCUT2D eigenvalue weighted by molar-refractivity contribution is 5.95. The Hall–Kier alpha value is -1.69. The van der Waals surface area contributed by atoms with Crippen LogP contribution in [0.25, 0.3) is 0 Å². The van der Waals surface area contributed by atoms with Gasteiger partial charge in [-0.25, -0.2) is 5.10 Å². The third-order valence-corrected chi connectivity index (χ3v) is 3.74. The molecule has 3 N–H and O–H groups in total. The molecule has 19 heavy (non-hydrogen) atoms. The number of hydrogen-bond acceptors (Lipinski definition) is 4. The minimum absolute atomic E-state index is 0.0882. The molecular weight excluding hydrogens is 246 g/mol. The summed E-state index contributed by atoms with van der Waals surface area (Å²) in [6, 6.07) is -0.270. The lowest BCUT2D eigenvalue weighted by atomic mass is 9.92. The number of aliphatic hydroxyl groups excluding tert-OH is 1. The highest BCUT2D eigenvalue weighted by Gasteiger charge is 2.26. The van der Waals surface area contributed by atoms with Crippen molar-refractivity contribution in [2.75, 3.05) is 0 Å². The topological polar surface area (TPSA) is 95.1 Å². The molecule has 1 amide bonds. The Morgan fingerprint density at radius 1 is 1.37 bits per heavy atom. The molecule has 6 heteroatoms. The Morgan fingerprint density at radius 2 is 2.05 bits per heavy atom. The first kappa shape index (κ1) is 13.7. The highest BCUT2D eigenvalue weighted by atomic mass is 16.3. The number of nitrogens with zero attached hydrogens (tertiary/aromatic N) is 1. The van der Waals surface area contributed by atoms with Crippen LogP contribution in [0, 0.1) is 13.8 Å². The number of aromatic amines is 1. The Bertz CT molecular complexity index is 538. The van der Waals surface area contributed by atoms with Gasteiger partial charge in [0.15, 0.2) is 0 Å². The van der Waals surface area contributed by atoms with Crippen LogP contribution in [0.4, 0.5) is 0 Å². The molecule has 104 valence electrons. The summed E-state index contributed by atoms with van der Waals surface area (Å²) in [5, 5.41) is 18.7. The Labute approximate surface area is 111 Å². The predicted molar refractivity (Wildman–Crippen MR) is 70.1 cm³/mol. The maximum atomic E-state index is 12.2. The first-order chi connectivity index (χ1) is 9.00. The van der Waals surface area contributed by atoms with Crippen molar-refractivity contribution in [2.45, 2.75) is 51.7 Å². The number of aliphatic hydroxyl groups is 1. The zero-order valence-corrected chi connectivity index (χ0v) is 11.2. The van der Waals surface area contributed by atoms with Crippen LogP contribution >= 0.6 is 0 Å². The summed E-state index contributed by atoms with van der Waals surface area (Å²) < 4.78 is 0. The van der Waals surface area contributed by atoms with Gasteiger partial charge in [-0.05, 0) is 32.3 Å². The number of rotatable bonds is 2. The predicted octanol–water partition coefficient (Wildman–Crippen LogP) is 0.420. The van der Waals surface area contributed by atoms with Gasteiger partial charge in [-0.15, -0.1) is 0 Å². The quantitative estimate of drug-likeness (QED) is 0.722. The highest BCUT2D eigenvalue weighted by Crippen LogP contribution is 2.18. The van der Waals surface area contributed by atoms with E-state index in [0.717, 1.165) is 19.3 Å². The molecule has 1 heterocycles. The van der Waals surface area contributed by atoms with Gasteiger partial charge in [0, 0.05) is 0 Å². The van der Waals surface area contributed by atoms with Crippen molar-refractivity contribution in [2.24, 2.45) is 0 Å². The summed E-state index contributed by atoms with van der Waals surface area (Å²) in [5.41, 5.74) is 0.789. The second-order valence-electron chi connectivity index (χ2n) is 5.07. The van der Waals surface area contributed by atoms with E-state index < -0.39 is 17.6 Å². The van der Waals surface area contributed by atoms with Gasteiger partial charge in [0.2, 0.25) is 0 Å². The first-order valence-electron chi connectivity index (χ1n) is 6.55. The number of aromatic nitrogens is 2. The summed E-state index contributed by atoms with van der Waals surface area (Å²) in [5.74, 6) is -0.435. The fourth-order valence-electron chi connectivity index (χ4n) is 2.42. The van der Waals surface area contributed by atoms with Gasteiger partial charge in [-0.2, -0.15) is 5.10 Å². The maximum Gasteiger partial charge on any atom is 0.277 e. The van der Waals surface area contributed by atoms with Crippen LogP contribution in [0.1, 0.15) is 47.3 Å². The molecule has 1 aromatic heterocycles. The molecule has 0 radical (unpaired) electrons. The van der Waals surface area contributed by atoms with Crippen LogP contribution in [0.5, 0.6) is 0 Å². The number of aryl methyl sites for hydroxylation is 1. The van der Waals surface area contributed by atoms with Crippen molar-refractivity contribution in [3.63, 3.8) is 0 Å². The summed E-state index contributed by atoms with van der Waals surface area (Å²) in [6.07, 6.45) is 2.86. The SMILES string of the molecule is Cc1n[nH]c(=O)c(C(=O)NC2CCCCC2O)c1C. The van der Waals surface area contributed by atoms with E-state index in [1.807, 2.05) is 0 Å². The van der Waals surface area contributed by atoms with Gasteiger partial charge in [0.05, 0.1) is 17.8 Å². The molecule has 0 bridgehead atoms. The van der Waals surface area contributed by atoms with E-state index in [1.54, 1.807) is 13.8 Å². The number of nitrogens with one attached hydrogen (secondary N) is 2. The molecule has 0 aliphatic heterocycles. The van der Waals surface area contributed by atoms with Gasteiger partial charge in [0.1, 0.15) is 5.56 Å². The zero-order chi connectivity index (χ0) is 14.0. The lowest BCUT2D eigenvalue weighted by Gasteiger charge is -2.28. The Balaban J connectivity index is 2.21. The normalized spacial score (nSPS) is 23.1. The lowest BCUT2D eigenvalue weighted by molar-refractivity contribution is 0.0715. The first-order valence-corrected chi connectivity index (χ1v) is 6.55. The third kappa shape index (κ3) is 2.84. The average molecular weight is 265 g/mol. The van der Waals surface area contributed by atoms with Crippen molar-refractivity contribution >= 4 is 5.91 Å². The minimum atomic E-state index is -0.528. The summed E-state index contributed by atoms with van der Waals surface area (Å²) in [7, 11) is 0. The molecule has 1 aliphatic rings. The standard InChI is InChI=1S/C13H19N3O3/c1-7-8(2)15-16-13(19)11(7)12(18)14-9-5-3-4-6-10(9)17/h9-10,17H,3-6H2,1-2H3,(H,14,18)(H,16,19). The third-order valence-electron chi connectivity index (χ3n) is 3.74. The van der Waals surface area contributed by atoms with Crippen molar-refractivity contribution < 1.29 is 9.90 Å². The molecule has 1 aliphatic carbocycles. The number of carbonyl (C=O) groups is 1. The van der Waals surface area contributed by atoms with Gasteiger partial charge in [0.25, 0.3) is 11.5 Å². The van der Waals surface area contributed by atoms with E-state index in [-0.39, 0.29) is 11.6 Å². The van der Waals surface area contributed by atoms with Crippen LogP contribution < -0.4 is 10.9 Å². The van der Waals surface area contributed by atoms with E-state index in [2.05, 4.69) is 15.5 Å². The molecule has 0 aromatic carbocycles. The zero-order valence-electron chi connectivity index (χ0n) is 11.2. The van der Waals surface area contributed by atoms with Gasteiger partial charge < -0.3 is 10.4 Å². The van der Waals surface area contributed by atoms with Gasteiger partial charge >= 0.3 is 0 Å². The number of amides is 1. The lowest BCUT2D eigenvalue weighted by Crippen LogP contribution is -2.46. The maximum absolute atomic E-state index is 12.2. The van der Waals surface area contributed by atoms with E-state index in [0.29, 0.717) is 17.7 Å². The second-order valence-corrected chi connectivity index (χ2v) is 5.07. The summed E-state index contributed by atoms with van der Waals surface area (Å²) >= 11 is 0. The molecule has 1 aromatic rings. The Kier molecular flexibility index (Phi) is 3.99. The second kappa shape index (κ2) is 5.52. The molecule has 0 saturated heterocycles. The average Bonchev–Trinajstić information content (AvgIpc) is 2.37. The fraction of sp³-hybridized carbons (Fsp3) is 0.615. The smallest absolute Gasteiger partial charge is 0.277 e. The number of hydrogen-bond donors (Lipinski definition) is 3. The van der Waals surface area contributed by atoms with Crippen molar-refractivity contribution in [1.82, 2.24) is 15.5 Å². The van der Waals surface area contributed by atoms with Crippen LogP contribution in [-0.2, 0) is 0 Å². The molecule has 0 spiro atoms. The molecule has 6 nitrogen and oxygen atoms in total. The van der Waals surface area contributed by atoms with Crippen LogP contribution in [0.3, 0.4) is 0 Å². The van der Waals surface area contributed by atoms with Gasteiger partial charge in [-0.1, -0.05) is 12.8 Å². The Morgan fingerprint density at radius 3 is 2.74 bits per heavy atom.